The van der Waals surface area contributed by atoms with Crippen molar-refractivity contribution in [3.8, 4) is 16.9 Å². The Morgan fingerprint density at radius 1 is 1.22 bits per heavy atom. The summed E-state index contributed by atoms with van der Waals surface area (Å²) in [5.74, 6) is 0.141. The third-order valence-corrected chi connectivity index (χ3v) is 4.02. The van der Waals surface area contributed by atoms with Crippen LogP contribution in [0.4, 0.5) is 5.69 Å². The molecule has 0 saturated carbocycles. The SMILES string of the molecule is Cc1cc2n[nH]c(=O)n2c2cc(-c3cccc(N)c3)c(O)cc12. The molecule has 0 aliphatic heterocycles. The molecule has 23 heavy (non-hydrogen) atoms. The number of H-pyrrole nitrogens is 1. The van der Waals surface area contributed by atoms with Crippen LogP contribution in [0.15, 0.2) is 47.3 Å². The van der Waals surface area contributed by atoms with Gasteiger partial charge >= 0.3 is 5.69 Å². The molecule has 2 aromatic heterocycles. The van der Waals surface area contributed by atoms with Crippen LogP contribution in [0.2, 0.25) is 0 Å². The number of aromatic amines is 1. The van der Waals surface area contributed by atoms with E-state index in [1.807, 2.05) is 19.1 Å². The zero-order chi connectivity index (χ0) is 16.1. The summed E-state index contributed by atoms with van der Waals surface area (Å²) in [6.45, 7) is 1.92. The average Bonchev–Trinajstić information content (AvgIpc) is 2.88. The molecule has 0 saturated heterocycles. The van der Waals surface area contributed by atoms with E-state index in [2.05, 4.69) is 10.2 Å². The van der Waals surface area contributed by atoms with E-state index >= 15 is 0 Å². The van der Waals surface area contributed by atoms with Crippen molar-refractivity contribution in [1.29, 1.82) is 0 Å². The summed E-state index contributed by atoms with van der Waals surface area (Å²) in [7, 11) is 0. The first-order chi connectivity index (χ1) is 11.0. The van der Waals surface area contributed by atoms with Crippen LogP contribution in [0.3, 0.4) is 0 Å². The first-order valence-electron chi connectivity index (χ1n) is 7.14. The molecule has 0 aliphatic carbocycles. The highest BCUT2D eigenvalue weighted by Gasteiger charge is 2.13. The third kappa shape index (κ3) is 1.96. The van der Waals surface area contributed by atoms with Crippen LogP contribution < -0.4 is 11.4 Å². The van der Waals surface area contributed by atoms with Crippen molar-refractivity contribution >= 4 is 22.2 Å². The molecule has 0 fully saturated rings. The number of hydrogen-bond donors (Lipinski definition) is 3. The molecule has 0 spiro atoms. The number of nitrogen functional groups attached to an aromatic ring is 1. The Labute approximate surface area is 130 Å². The van der Waals surface area contributed by atoms with Crippen LogP contribution in [-0.4, -0.2) is 19.7 Å². The molecule has 114 valence electrons. The molecule has 4 rings (SSSR count). The van der Waals surface area contributed by atoms with Crippen LogP contribution in [0, 0.1) is 6.92 Å². The molecule has 4 N–H and O–H groups in total. The van der Waals surface area contributed by atoms with Crippen molar-refractivity contribution in [3.05, 3.63) is 58.5 Å². The fourth-order valence-corrected chi connectivity index (χ4v) is 2.93. The summed E-state index contributed by atoms with van der Waals surface area (Å²) in [4.78, 5) is 12.1. The van der Waals surface area contributed by atoms with Gasteiger partial charge in [-0.05, 0) is 48.4 Å². The number of aromatic hydroxyl groups is 1. The van der Waals surface area contributed by atoms with Gasteiger partial charge in [-0.15, -0.1) is 0 Å². The molecule has 4 aromatic rings. The highest BCUT2D eigenvalue weighted by atomic mass is 16.3. The van der Waals surface area contributed by atoms with Gasteiger partial charge in [0, 0.05) is 16.6 Å². The van der Waals surface area contributed by atoms with E-state index in [-0.39, 0.29) is 11.4 Å². The maximum atomic E-state index is 12.1. The zero-order valence-electron chi connectivity index (χ0n) is 12.4. The van der Waals surface area contributed by atoms with Gasteiger partial charge in [-0.3, -0.25) is 0 Å². The Balaban J connectivity index is 2.15. The first-order valence-corrected chi connectivity index (χ1v) is 7.14. The van der Waals surface area contributed by atoms with E-state index in [1.165, 1.54) is 4.40 Å². The van der Waals surface area contributed by atoms with E-state index in [9.17, 15) is 9.90 Å². The number of fused-ring (bicyclic) bond motifs is 3. The Bertz CT molecular complexity index is 1120. The van der Waals surface area contributed by atoms with Gasteiger partial charge in [0.15, 0.2) is 5.65 Å². The van der Waals surface area contributed by atoms with E-state index in [0.29, 0.717) is 22.4 Å². The molecule has 0 atom stereocenters. The van der Waals surface area contributed by atoms with E-state index in [1.54, 1.807) is 30.3 Å². The summed E-state index contributed by atoms with van der Waals surface area (Å²) in [6.07, 6.45) is 0. The van der Waals surface area contributed by atoms with Crippen LogP contribution in [-0.2, 0) is 0 Å². The summed E-state index contributed by atoms with van der Waals surface area (Å²) >= 11 is 0. The smallest absolute Gasteiger partial charge is 0.348 e. The minimum atomic E-state index is -0.311. The lowest BCUT2D eigenvalue weighted by molar-refractivity contribution is 0.478. The normalized spacial score (nSPS) is 11.3. The predicted molar refractivity (Wildman–Crippen MR) is 89.6 cm³/mol. The zero-order valence-corrected chi connectivity index (χ0v) is 12.4. The fraction of sp³-hybridized carbons (Fsp3) is 0.0588. The number of aryl methyl sites for hydroxylation is 1. The van der Waals surface area contributed by atoms with E-state index in [4.69, 9.17) is 5.73 Å². The number of nitrogens with zero attached hydrogens (tertiary/aromatic N) is 2. The number of nitrogens with one attached hydrogen (secondary N) is 1. The lowest BCUT2D eigenvalue weighted by Crippen LogP contribution is -2.10. The number of pyridine rings is 1. The van der Waals surface area contributed by atoms with Gasteiger partial charge in [-0.25, -0.2) is 14.3 Å². The van der Waals surface area contributed by atoms with Gasteiger partial charge in [0.2, 0.25) is 0 Å². The monoisotopic (exact) mass is 306 g/mol. The number of nitrogens with two attached hydrogens (primary N) is 1. The molecule has 2 aromatic carbocycles. The van der Waals surface area contributed by atoms with Crippen molar-refractivity contribution in [2.45, 2.75) is 6.92 Å². The van der Waals surface area contributed by atoms with Gasteiger partial charge in [-0.1, -0.05) is 12.1 Å². The lowest BCUT2D eigenvalue weighted by Gasteiger charge is -2.10. The van der Waals surface area contributed by atoms with Crippen molar-refractivity contribution < 1.29 is 5.11 Å². The average molecular weight is 306 g/mol. The highest BCUT2D eigenvalue weighted by molar-refractivity contribution is 5.92. The van der Waals surface area contributed by atoms with Crippen LogP contribution >= 0.6 is 0 Å². The summed E-state index contributed by atoms with van der Waals surface area (Å²) in [5, 5.41) is 17.7. The van der Waals surface area contributed by atoms with Crippen molar-refractivity contribution in [2.24, 2.45) is 0 Å². The van der Waals surface area contributed by atoms with Crippen molar-refractivity contribution in [2.75, 3.05) is 5.73 Å². The Hall–Kier alpha value is -3.28. The van der Waals surface area contributed by atoms with E-state index in [0.717, 1.165) is 16.5 Å². The molecule has 6 nitrogen and oxygen atoms in total. The maximum absolute atomic E-state index is 12.1. The molecule has 0 radical (unpaired) electrons. The van der Waals surface area contributed by atoms with Crippen LogP contribution in [0.25, 0.3) is 27.7 Å². The van der Waals surface area contributed by atoms with Gasteiger partial charge in [0.25, 0.3) is 0 Å². The molecule has 6 heteroatoms. The minimum absolute atomic E-state index is 0.141. The summed E-state index contributed by atoms with van der Waals surface area (Å²) in [5.41, 5.74) is 9.70. The Morgan fingerprint density at radius 3 is 2.83 bits per heavy atom. The standard InChI is InChI=1S/C17H14N4O2/c1-9-5-16-19-20-17(23)21(16)14-7-13(15(22)8-12(9)14)10-3-2-4-11(18)6-10/h2-8,22H,18H2,1H3,(H,20,23). The largest absolute Gasteiger partial charge is 0.507 e. The number of anilines is 1. The molecule has 0 aliphatic rings. The van der Waals surface area contributed by atoms with Gasteiger partial charge in [0.1, 0.15) is 5.75 Å². The molecule has 0 amide bonds. The number of phenols is 1. The summed E-state index contributed by atoms with van der Waals surface area (Å²) < 4.78 is 1.50. The maximum Gasteiger partial charge on any atom is 0.348 e. The van der Waals surface area contributed by atoms with Crippen molar-refractivity contribution in [3.63, 3.8) is 0 Å². The van der Waals surface area contributed by atoms with E-state index < -0.39 is 0 Å². The number of hydrogen-bond acceptors (Lipinski definition) is 4. The Morgan fingerprint density at radius 2 is 2.04 bits per heavy atom. The quantitative estimate of drug-likeness (QED) is 0.471. The summed E-state index contributed by atoms with van der Waals surface area (Å²) in [6, 6.07) is 12.5. The van der Waals surface area contributed by atoms with Gasteiger partial charge in [-0.2, -0.15) is 5.10 Å². The van der Waals surface area contributed by atoms with Crippen LogP contribution in [0.1, 0.15) is 5.56 Å². The van der Waals surface area contributed by atoms with Gasteiger partial charge < -0.3 is 10.8 Å². The number of phenolic OH excluding ortho intramolecular Hbond substituents is 1. The third-order valence-electron chi connectivity index (χ3n) is 4.02. The molecular weight excluding hydrogens is 292 g/mol. The molecular formula is C17H14N4O2. The highest BCUT2D eigenvalue weighted by Crippen LogP contribution is 2.35. The molecule has 2 heterocycles. The number of aromatic nitrogens is 3. The lowest BCUT2D eigenvalue weighted by atomic mass is 10.00. The van der Waals surface area contributed by atoms with Crippen LogP contribution in [0.5, 0.6) is 5.75 Å². The number of rotatable bonds is 1. The fourth-order valence-electron chi connectivity index (χ4n) is 2.93. The minimum Gasteiger partial charge on any atom is -0.507 e. The second-order valence-corrected chi connectivity index (χ2v) is 5.56. The van der Waals surface area contributed by atoms with Gasteiger partial charge in [0.05, 0.1) is 5.52 Å². The second kappa shape index (κ2) is 4.61. The second-order valence-electron chi connectivity index (χ2n) is 5.56. The van der Waals surface area contributed by atoms with Crippen molar-refractivity contribution in [1.82, 2.24) is 14.6 Å². The molecule has 0 bridgehead atoms. The topological polar surface area (TPSA) is 96.4 Å². The Kier molecular flexibility index (Phi) is 2.68. The number of benzene rings is 2. The predicted octanol–water partition coefficient (Wildman–Crippen LogP) is 2.44. The molecule has 0 unspecified atom stereocenters. The first kappa shape index (κ1) is 13.4.